The lowest BCUT2D eigenvalue weighted by molar-refractivity contribution is 0.461. The molecule has 0 aliphatic rings. The van der Waals surface area contributed by atoms with Gasteiger partial charge in [0.1, 0.15) is 11.5 Å². The second kappa shape index (κ2) is 4.09. The Balaban J connectivity index is 2.22. The summed E-state index contributed by atoms with van der Waals surface area (Å²) in [4.78, 5) is 0. The summed E-state index contributed by atoms with van der Waals surface area (Å²) < 4.78 is 30.7. The Morgan fingerprint density at radius 2 is 1.60 bits per heavy atom. The molecule has 1 nitrogen and oxygen atoms in total. The van der Waals surface area contributed by atoms with Crippen LogP contribution in [0.15, 0.2) is 42.5 Å². The van der Waals surface area contributed by atoms with Gasteiger partial charge in [-0.25, -0.2) is 8.78 Å². The van der Waals surface area contributed by atoms with Gasteiger partial charge in [-0.2, -0.15) is 0 Å². The molecule has 2 aromatic carbocycles. The Labute approximate surface area is 85.9 Å². The molecule has 0 heterocycles. The van der Waals surface area contributed by atoms with Crippen molar-refractivity contribution in [2.75, 3.05) is 0 Å². The highest BCUT2D eigenvalue weighted by molar-refractivity contribution is 5.31. The maximum Gasteiger partial charge on any atom is 0.162 e. The number of benzene rings is 2. The second-order valence-electron chi connectivity index (χ2n) is 2.91. The topological polar surface area (TPSA) is 9.23 Å². The molecule has 0 unspecified atom stereocenters. The number of rotatable bonds is 2. The van der Waals surface area contributed by atoms with Crippen molar-refractivity contribution in [3.8, 4) is 11.5 Å². The molecule has 0 atom stereocenters. The van der Waals surface area contributed by atoms with Crippen LogP contribution in [-0.4, -0.2) is 0 Å². The third kappa shape index (κ3) is 2.31. The predicted octanol–water partition coefficient (Wildman–Crippen LogP) is 3.56. The Hall–Kier alpha value is -1.90. The van der Waals surface area contributed by atoms with Crippen molar-refractivity contribution in [2.45, 2.75) is 0 Å². The van der Waals surface area contributed by atoms with Crippen molar-refractivity contribution in [3.63, 3.8) is 0 Å². The van der Waals surface area contributed by atoms with Gasteiger partial charge in [0.05, 0.1) is 0 Å². The van der Waals surface area contributed by atoms with Crippen LogP contribution in [0.3, 0.4) is 0 Å². The molecule has 0 amide bonds. The van der Waals surface area contributed by atoms with E-state index in [2.05, 4.69) is 6.07 Å². The summed E-state index contributed by atoms with van der Waals surface area (Å²) >= 11 is 0. The van der Waals surface area contributed by atoms with Crippen LogP contribution in [0, 0.1) is 17.7 Å². The molecule has 0 fully saturated rings. The largest absolute Gasteiger partial charge is 0.457 e. The van der Waals surface area contributed by atoms with Gasteiger partial charge >= 0.3 is 0 Å². The summed E-state index contributed by atoms with van der Waals surface area (Å²) in [6.45, 7) is 0. The van der Waals surface area contributed by atoms with Crippen LogP contribution in [0.4, 0.5) is 8.78 Å². The highest BCUT2D eigenvalue weighted by atomic mass is 19.2. The first kappa shape index (κ1) is 9.65. The quantitative estimate of drug-likeness (QED) is 0.728. The molecule has 1 radical (unpaired) electrons. The highest BCUT2D eigenvalue weighted by Gasteiger charge is 2.03. The fourth-order valence-electron chi connectivity index (χ4n) is 1.12. The number of ether oxygens (including phenoxy) is 1. The number of hydrogen-bond donors (Lipinski definition) is 0. The predicted molar refractivity (Wildman–Crippen MR) is 51.7 cm³/mol. The minimum absolute atomic E-state index is 0.264. The maximum atomic E-state index is 12.8. The van der Waals surface area contributed by atoms with Crippen molar-refractivity contribution in [2.24, 2.45) is 0 Å². The fraction of sp³-hybridized carbons (Fsp3) is 0. The molecule has 0 aliphatic carbocycles. The van der Waals surface area contributed by atoms with Crippen LogP contribution < -0.4 is 4.74 Å². The molecule has 2 rings (SSSR count). The standard InChI is InChI=1S/C12H7F2O/c13-11-7-6-10(8-12(11)14)15-9-4-2-1-3-5-9/h2-8H. The Kier molecular flexibility index (Phi) is 2.63. The van der Waals surface area contributed by atoms with Crippen LogP contribution in [0.2, 0.25) is 0 Å². The number of hydrogen-bond acceptors (Lipinski definition) is 1. The van der Waals surface area contributed by atoms with E-state index in [-0.39, 0.29) is 5.75 Å². The van der Waals surface area contributed by atoms with E-state index >= 15 is 0 Å². The first-order valence-electron chi connectivity index (χ1n) is 4.35. The molecule has 3 heteroatoms. The Morgan fingerprint density at radius 3 is 2.27 bits per heavy atom. The van der Waals surface area contributed by atoms with E-state index in [9.17, 15) is 8.78 Å². The van der Waals surface area contributed by atoms with Gasteiger partial charge in [0.2, 0.25) is 0 Å². The van der Waals surface area contributed by atoms with Gasteiger partial charge in [-0.15, -0.1) is 0 Å². The van der Waals surface area contributed by atoms with Crippen molar-refractivity contribution in [1.29, 1.82) is 0 Å². The third-order valence-corrected chi connectivity index (χ3v) is 1.81. The summed E-state index contributed by atoms with van der Waals surface area (Å²) in [5, 5.41) is 0. The van der Waals surface area contributed by atoms with Gasteiger partial charge in [0.25, 0.3) is 0 Å². The van der Waals surface area contributed by atoms with Gasteiger partial charge in [-0.3, -0.25) is 0 Å². The molecule has 2 aromatic rings. The van der Waals surface area contributed by atoms with Crippen LogP contribution >= 0.6 is 0 Å². The number of halogens is 2. The molecular formula is C12H7F2O. The van der Waals surface area contributed by atoms with Crippen LogP contribution in [-0.2, 0) is 0 Å². The first-order valence-corrected chi connectivity index (χ1v) is 4.35. The summed E-state index contributed by atoms with van der Waals surface area (Å²) in [5.41, 5.74) is 0. The van der Waals surface area contributed by atoms with Crippen LogP contribution in [0.25, 0.3) is 0 Å². The lowest BCUT2D eigenvalue weighted by Crippen LogP contribution is -1.87. The maximum absolute atomic E-state index is 12.8. The summed E-state index contributed by atoms with van der Waals surface area (Å²) in [5.74, 6) is -0.987. The summed E-state index contributed by atoms with van der Waals surface area (Å²) in [6.07, 6.45) is 0. The van der Waals surface area contributed by atoms with Crippen molar-refractivity contribution < 1.29 is 13.5 Å². The highest BCUT2D eigenvalue weighted by Crippen LogP contribution is 2.22. The van der Waals surface area contributed by atoms with Crippen molar-refractivity contribution in [3.05, 3.63) is 60.2 Å². The average Bonchev–Trinajstić information content (AvgIpc) is 2.25. The lowest BCUT2D eigenvalue weighted by Gasteiger charge is -2.04. The normalized spacial score (nSPS) is 10.0. The SMILES string of the molecule is Fc1ccc(Oc2cc[c]cc2)cc1F. The van der Waals surface area contributed by atoms with Crippen LogP contribution in [0.5, 0.6) is 11.5 Å². The minimum Gasteiger partial charge on any atom is -0.457 e. The minimum atomic E-state index is -0.921. The molecule has 0 spiro atoms. The monoisotopic (exact) mass is 205 g/mol. The van der Waals surface area contributed by atoms with Gasteiger partial charge < -0.3 is 4.74 Å². The van der Waals surface area contributed by atoms with E-state index in [1.54, 1.807) is 24.3 Å². The summed E-state index contributed by atoms with van der Waals surface area (Å²) in [6, 6.07) is 12.9. The molecule has 0 aromatic heterocycles. The zero-order valence-corrected chi connectivity index (χ0v) is 7.71. The second-order valence-corrected chi connectivity index (χ2v) is 2.91. The van der Waals surface area contributed by atoms with Crippen molar-refractivity contribution in [1.82, 2.24) is 0 Å². The smallest absolute Gasteiger partial charge is 0.162 e. The molecule has 15 heavy (non-hydrogen) atoms. The van der Waals surface area contributed by atoms with E-state index in [1.165, 1.54) is 6.07 Å². The average molecular weight is 205 g/mol. The van der Waals surface area contributed by atoms with Gasteiger partial charge in [-0.1, -0.05) is 12.1 Å². The van der Waals surface area contributed by atoms with E-state index in [4.69, 9.17) is 4.74 Å². The van der Waals surface area contributed by atoms with E-state index < -0.39 is 11.6 Å². The van der Waals surface area contributed by atoms with E-state index in [1.807, 2.05) is 0 Å². The molecule has 0 saturated carbocycles. The molecule has 0 bridgehead atoms. The van der Waals surface area contributed by atoms with Crippen molar-refractivity contribution >= 4 is 0 Å². The molecule has 0 N–H and O–H groups in total. The third-order valence-electron chi connectivity index (χ3n) is 1.81. The van der Waals surface area contributed by atoms with Gasteiger partial charge in [-0.05, 0) is 30.3 Å². The molecule has 0 aliphatic heterocycles. The molecule has 75 valence electrons. The molecular weight excluding hydrogens is 198 g/mol. The fourth-order valence-corrected chi connectivity index (χ4v) is 1.12. The Morgan fingerprint density at radius 1 is 0.867 bits per heavy atom. The lowest BCUT2D eigenvalue weighted by atomic mass is 10.3. The van der Waals surface area contributed by atoms with Gasteiger partial charge in [0, 0.05) is 6.07 Å². The zero-order valence-electron chi connectivity index (χ0n) is 7.71. The zero-order chi connectivity index (χ0) is 10.7. The van der Waals surface area contributed by atoms with E-state index in [0.717, 1.165) is 12.1 Å². The first-order chi connectivity index (χ1) is 7.25. The van der Waals surface area contributed by atoms with E-state index in [0.29, 0.717) is 5.75 Å². The van der Waals surface area contributed by atoms with Gasteiger partial charge in [0.15, 0.2) is 11.6 Å². The Bertz CT molecular complexity index is 454. The molecule has 0 saturated heterocycles. The summed E-state index contributed by atoms with van der Waals surface area (Å²) in [7, 11) is 0. The van der Waals surface area contributed by atoms with Crippen LogP contribution in [0.1, 0.15) is 0 Å².